The van der Waals surface area contributed by atoms with Crippen LogP contribution in [0.5, 0.6) is 0 Å². The standard InChI is InChI=1S/C8H5ClFNS/c9-8-3-7(10)2-1-6(8)4-11-5-12/h1-3H,4H2. The van der Waals surface area contributed by atoms with E-state index in [0.29, 0.717) is 11.6 Å². The van der Waals surface area contributed by atoms with Gasteiger partial charge in [-0.1, -0.05) is 17.7 Å². The molecule has 1 aromatic rings. The molecule has 62 valence electrons. The minimum atomic E-state index is -0.352. The van der Waals surface area contributed by atoms with Crippen molar-refractivity contribution < 1.29 is 4.39 Å². The van der Waals surface area contributed by atoms with Gasteiger partial charge in [-0.25, -0.2) is 9.38 Å². The number of thiocarbonyl (C=S) groups is 1. The van der Waals surface area contributed by atoms with Crippen LogP contribution in [0.2, 0.25) is 5.02 Å². The van der Waals surface area contributed by atoms with Crippen LogP contribution in [0.4, 0.5) is 4.39 Å². The van der Waals surface area contributed by atoms with E-state index < -0.39 is 0 Å². The van der Waals surface area contributed by atoms with Crippen molar-refractivity contribution in [3.8, 4) is 0 Å². The van der Waals surface area contributed by atoms with Gasteiger partial charge in [-0.05, 0) is 29.9 Å². The maximum absolute atomic E-state index is 12.5. The van der Waals surface area contributed by atoms with E-state index in [1.165, 1.54) is 12.1 Å². The number of aliphatic imine (C=N–C) groups is 1. The lowest BCUT2D eigenvalue weighted by molar-refractivity contribution is 0.627. The molecule has 1 aromatic carbocycles. The van der Waals surface area contributed by atoms with Crippen molar-refractivity contribution in [2.24, 2.45) is 4.99 Å². The van der Waals surface area contributed by atoms with E-state index in [1.54, 1.807) is 6.07 Å². The topological polar surface area (TPSA) is 12.4 Å². The second-order valence-electron chi connectivity index (χ2n) is 2.14. The number of hydrogen-bond donors (Lipinski definition) is 0. The molecule has 0 aliphatic rings. The highest BCUT2D eigenvalue weighted by Crippen LogP contribution is 2.17. The molecule has 1 rings (SSSR count). The third kappa shape index (κ3) is 2.38. The van der Waals surface area contributed by atoms with Gasteiger partial charge in [-0.2, -0.15) is 0 Å². The van der Waals surface area contributed by atoms with Crippen LogP contribution < -0.4 is 0 Å². The van der Waals surface area contributed by atoms with Crippen LogP contribution >= 0.6 is 23.8 Å². The second kappa shape index (κ2) is 4.31. The van der Waals surface area contributed by atoms with Crippen LogP contribution in [0.3, 0.4) is 0 Å². The molecule has 0 amide bonds. The highest BCUT2D eigenvalue weighted by Gasteiger charge is 1.99. The lowest BCUT2D eigenvalue weighted by Gasteiger charge is -1.98. The summed E-state index contributed by atoms with van der Waals surface area (Å²) in [6.45, 7) is 0.350. The Hall–Kier alpha value is -0.760. The number of benzene rings is 1. The van der Waals surface area contributed by atoms with E-state index in [-0.39, 0.29) is 5.82 Å². The molecule has 0 fully saturated rings. The first-order chi connectivity index (χ1) is 5.74. The summed E-state index contributed by atoms with van der Waals surface area (Å²) in [5.41, 5.74) is 0.746. The minimum Gasteiger partial charge on any atom is -0.228 e. The fraction of sp³-hybridized carbons (Fsp3) is 0.125. The Kier molecular flexibility index (Phi) is 3.35. The lowest BCUT2D eigenvalue weighted by atomic mass is 10.2. The monoisotopic (exact) mass is 201 g/mol. The van der Waals surface area contributed by atoms with Gasteiger partial charge < -0.3 is 0 Å². The summed E-state index contributed by atoms with van der Waals surface area (Å²) < 4.78 is 12.5. The zero-order chi connectivity index (χ0) is 8.97. The van der Waals surface area contributed by atoms with Crippen molar-refractivity contribution >= 4 is 29.0 Å². The van der Waals surface area contributed by atoms with E-state index >= 15 is 0 Å². The molecule has 1 nitrogen and oxygen atoms in total. The van der Waals surface area contributed by atoms with Crippen molar-refractivity contribution in [2.45, 2.75) is 6.54 Å². The fourth-order valence-corrected chi connectivity index (χ4v) is 1.06. The number of isothiocyanates is 1. The molecule has 0 aliphatic carbocycles. The van der Waals surface area contributed by atoms with Crippen molar-refractivity contribution in [1.82, 2.24) is 0 Å². The van der Waals surface area contributed by atoms with Gasteiger partial charge in [0, 0.05) is 5.02 Å². The molecule has 0 saturated heterocycles. The van der Waals surface area contributed by atoms with Crippen LogP contribution in [-0.2, 0) is 6.54 Å². The van der Waals surface area contributed by atoms with Crippen LogP contribution in [0, 0.1) is 5.82 Å². The van der Waals surface area contributed by atoms with Crippen molar-refractivity contribution in [2.75, 3.05) is 0 Å². The normalized spacial score (nSPS) is 9.17. The number of halogens is 2. The van der Waals surface area contributed by atoms with Crippen LogP contribution in [0.25, 0.3) is 0 Å². The molecule has 0 atom stereocenters. The van der Waals surface area contributed by atoms with Crippen LogP contribution in [-0.4, -0.2) is 5.16 Å². The SMILES string of the molecule is Fc1ccc(CN=C=S)c(Cl)c1. The smallest absolute Gasteiger partial charge is 0.124 e. The highest BCUT2D eigenvalue weighted by molar-refractivity contribution is 7.78. The van der Waals surface area contributed by atoms with Crippen molar-refractivity contribution in [1.29, 1.82) is 0 Å². The third-order valence-electron chi connectivity index (χ3n) is 1.33. The molecule has 0 aromatic heterocycles. The van der Waals surface area contributed by atoms with Gasteiger partial charge in [0.2, 0.25) is 0 Å². The Labute approximate surface area is 79.9 Å². The predicted octanol–water partition coefficient (Wildman–Crippen LogP) is 3.08. The average Bonchev–Trinajstić information content (AvgIpc) is 2.03. The number of nitrogens with zero attached hydrogens (tertiary/aromatic N) is 1. The molecule has 0 spiro atoms. The van der Waals surface area contributed by atoms with Gasteiger partial charge in [0.05, 0.1) is 11.7 Å². The quantitative estimate of drug-likeness (QED) is 0.529. The Morgan fingerprint density at radius 3 is 2.92 bits per heavy atom. The molecule has 0 bridgehead atoms. The van der Waals surface area contributed by atoms with Gasteiger partial charge in [0.25, 0.3) is 0 Å². The number of rotatable bonds is 2. The Balaban J connectivity index is 2.93. The van der Waals surface area contributed by atoms with Gasteiger partial charge >= 0.3 is 0 Å². The molecule has 4 heteroatoms. The zero-order valence-electron chi connectivity index (χ0n) is 6.05. The molecular formula is C8H5ClFNS. The summed E-state index contributed by atoms with van der Waals surface area (Å²) in [6.07, 6.45) is 0. The van der Waals surface area contributed by atoms with Gasteiger partial charge in [0.15, 0.2) is 0 Å². The molecule has 0 heterocycles. The van der Waals surface area contributed by atoms with E-state index in [9.17, 15) is 4.39 Å². The van der Waals surface area contributed by atoms with Crippen LogP contribution in [0.1, 0.15) is 5.56 Å². The van der Waals surface area contributed by atoms with Gasteiger partial charge in [0.1, 0.15) is 5.82 Å². The van der Waals surface area contributed by atoms with E-state index in [4.69, 9.17) is 11.6 Å². The Morgan fingerprint density at radius 1 is 1.58 bits per heavy atom. The lowest BCUT2D eigenvalue weighted by Crippen LogP contribution is -1.84. The maximum atomic E-state index is 12.5. The summed E-state index contributed by atoms with van der Waals surface area (Å²) in [4.78, 5) is 3.69. The van der Waals surface area contributed by atoms with Gasteiger partial charge in [-0.3, -0.25) is 0 Å². The summed E-state index contributed by atoms with van der Waals surface area (Å²) in [5.74, 6) is -0.352. The maximum Gasteiger partial charge on any atom is 0.124 e. The van der Waals surface area contributed by atoms with E-state index in [2.05, 4.69) is 22.4 Å². The first-order valence-corrected chi connectivity index (χ1v) is 4.00. The molecule has 12 heavy (non-hydrogen) atoms. The summed E-state index contributed by atoms with van der Waals surface area (Å²) >= 11 is 10.1. The molecular weight excluding hydrogens is 197 g/mol. The molecule has 0 radical (unpaired) electrons. The molecule has 0 N–H and O–H groups in total. The predicted molar refractivity (Wildman–Crippen MR) is 50.1 cm³/mol. The Morgan fingerprint density at radius 2 is 2.33 bits per heavy atom. The van der Waals surface area contributed by atoms with Crippen molar-refractivity contribution in [3.05, 3.63) is 34.6 Å². The third-order valence-corrected chi connectivity index (χ3v) is 1.81. The molecule has 0 saturated carbocycles. The Bertz CT molecular complexity index is 334. The van der Waals surface area contributed by atoms with E-state index in [0.717, 1.165) is 5.56 Å². The fourth-order valence-electron chi connectivity index (χ4n) is 0.767. The zero-order valence-corrected chi connectivity index (χ0v) is 7.62. The first kappa shape index (κ1) is 9.33. The molecule has 0 unspecified atom stereocenters. The molecule has 0 aliphatic heterocycles. The van der Waals surface area contributed by atoms with Crippen molar-refractivity contribution in [3.63, 3.8) is 0 Å². The summed E-state index contributed by atoms with van der Waals surface area (Å²) in [7, 11) is 0. The first-order valence-electron chi connectivity index (χ1n) is 3.21. The van der Waals surface area contributed by atoms with Crippen LogP contribution in [0.15, 0.2) is 23.2 Å². The number of hydrogen-bond acceptors (Lipinski definition) is 2. The minimum absolute atomic E-state index is 0.350. The summed E-state index contributed by atoms with van der Waals surface area (Å²) in [6, 6.07) is 4.16. The second-order valence-corrected chi connectivity index (χ2v) is 2.73. The van der Waals surface area contributed by atoms with Gasteiger partial charge in [-0.15, -0.1) is 0 Å². The highest BCUT2D eigenvalue weighted by atomic mass is 35.5. The largest absolute Gasteiger partial charge is 0.228 e. The van der Waals surface area contributed by atoms with E-state index in [1.807, 2.05) is 0 Å². The average molecular weight is 202 g/mol. The summed E-state index contributed by atoms with van der Waals surface area (Å²) in [5, 5.41) is 2.58.